The maximum atomic E-state index is 9.78. The summed E-state index contributed by atoms with van der Waals surface area (Å²) in [5.41, 5.74) is 0.273. The van der Waals surface area contributed by atoms with Crippen LogP contribution in [-0.4, -0.2) is 23.9 Å². The molecule has 0 aliphatic carbocycles. The van der Waals surface area contributed by atoms with Gasteiger partial charge in [-0.25, -0.2) is 0 Å². The Morgan fingerprint density at radius 2 is 2.00 bits per heavy atom. The van der Waals surface area contributed by atoms with Crippen LogP contribution < -0.4 is 9.47 Å². The Bertz CT molecular complexity index is 352. The molecule has 0 saturated heterocycles. The largest absolute Gasteiger partial charge is 0.486 e. The molecule has 82 valence electrons. The minimum absolute atomic E-state index is 0.569. The monoisotopic (exact) mass is 208 g/mol. The maximum Gasteiger partial charge on any atom is 0.164 e. The van der Waals surface area contributed by atoms with Crippen molar-refractivity contribution in [3.05, 3.63) is 23.8 Å². The fraction of sp³-hybridized carbons (Fsp3) is 0.500. The van der Waals surface area contributed by atoms with E-state index >= 15 is 0 Å². The molecule has 0 bridgehead atoms. The Labute approximate surface area is 89.6 Å². The summed E-state index contributed by atoms with van der Waals surface area (Å²) in [5.74, 6) is 1.56. The van der Waals surface area contributed by atoms with Crippen LogP contribution in [0.1, 0.15) is 19.4 Å². The van der Waals surface area contributed by atoms with Crippen LogP contribution in [0.5, 0.6) is 11.5 Å². The molecule has 0 atom stereocenters. The zero-order chi connectivity index (χ0) is 10.9. The number of benzene rings is 1. The summed E-state index contributed by atoms with van der Waals surface area (Å²) in [7, 11) is 0. The van der Waals surface area contributed by atoms with Gasteiger partial charge >= 0.3 is 0 Å². The number of hydrogen-bond donors (Lipinski definition) is 1. The van der Waals surface area contributed by atoms with Crippen LogP contribution >= 0.6 is 0 Å². The summed E-state index contributed by atoms with van der Waals surface area (Å²) in [4.78, 5) is 0. The molecule has 0 spiro atoms. The lowest BCUT2D eigenvalue weighted by Gasteiger charge is -2.24. The van der Waals surface area contributed by atoms with Gasteiger partial charge in [0.25, 0.3) is 0 Å². The molecular formula is C12H16O3. The van der Waals surface area contributed by atoms with Crippen LogP contribution in [0.4, 0.5) is 0 Å². The van der Waals surface area contributed by atoms with Crippen LogP contribution in [0.15, 0.2) is 18.2 Å². The lowest BCUT2D eigenvalue weighted by molar-refractivity contribution is 0.0789. The van der Waals surface area contributed by atoms with Gasteiger partial charge in [-0.3, -0.25) is 0 Å². The Hall–Kier alpha value is -1.22. The Balaban J connectivity index is 2.31. The highest BCUT2D eigenvalue weighted by Gasteiger charge is 2.20. The molecule has 0 fully saturated rings. The van der Waals surface area contributed by atoms with Gasteiger partial charge in [-0.15, -0.1) is 0 Å². The van der Waals surface area contributed by atoms with Crippen LogP contribution in [0.25, 0.3) is 0 Å². The number of aliphatic hydroxyl groups is 1. The van der Waals surface area contributed by atoms with Gasteiger partial charge in [-0.1, -0.05) is 12.1 Å². The summed E-state index contributed by atoms with van der Waals surface area (Å²) in [6.45, 7) is 4.75. The van der Waals surface area contributed by atoms with E-state index in [9.17, 15) is 5.11 Å². The minimum Gasteiger partial charge on any atom is -0.486 e. The van der Waals surface area contributed by atoms with Crippen molar-refractivity contribution in [2.24, 2.45) is 0 Å². The van der Waals surface area contributed by atoms with E-state index in [-0.39, 0.29) is 0 Å². The smallest absolute Gasteiger partial charge is 0.164 e. The van der Waals surface area contributed by atoms with E-state index < -0.39 is 5.60 Å². The Morgan fingerprint density at radius 3 is 2.73 bits per heavy atom. The molecule has 2 rings (SSSR count). The van der Waals surface area contributed by atoms with Crippen molar-refractivity contribution in [2.75, 3.05) is 13.2 Å². The van der Waals surface area contributed by atoms with E-state index in [2.05, 4.69) is 0 Å². The Morgan fingerprint density at radius 1 is 1.27 bits per heavy atom. The number of fused-ring (bicyclic) bond motifs is 1. The molecule has 1 aromatic carbocycles. The van der Waals surface area contributed by atoms with Crippen molar-refractivity contribution in [2.45, 2.75) is 25.9 Å². The third-order valence-electron chi connectivity index (χ3n) is 2.27. The maximum absolute atomic E-state index is 9.78. The second-order valence-corrected chi connectivity index (χ2v) is 4.43. The fourth-order valence-electron chi connectivity index (χ4n) is 1.74. The van der Waals surface area contributed by atoms with Gasteiger partial charge in [-0.05, 0) is 19.9 Å². The SMILES string of the molecule is CC(C)(O)Cc1cccc2c1OCCO2. The van der Waals surface area contributed by atoms with Crippen LogP contribution in [-0.2, 0) is 6.42 Å². The normalized spacial score (nSPS) is 15.1. The third kappa shape index (κ3) is 2.42. The summed E-state index contributed by atoms with van der Waals surface area (Å²) < 4.78 is 11.0. The van der Waals surface area contributed by atoms with Crippen molar-refractivity contribution < 1.29 is 14.6 Å². The fourth-order valence-corrected chi connectivity index (χ4v) is 1.74. The highest BCUT2D eigenvalue weighted by Crippen LogP contribution is 2.35. The molecule has 3 heteroatoms. The van der Waals surface area contributed by atoms with Crippen LogP contribution in [0.2, 0.25) is 0 Å². The van der Waals surface area contributed by atoms with Crippen molar-refractivity contribution in [1.82, 2.24) is 0 Å². The highest BCUT2D eigenvalue weighted by atomic mass is 16.6. The predicted molar refractivity (Wildman–Crippen MR) is 57.4 cm³/mol. The first-order chi connectivity index (χ1) is 7.06. The van der Waals surface area contributed by atoms with E-state index in [1.54, 1.807) is 13.8 Å². The van der Waals surface area contributed by atoms with Crippen LogP contribution in [0.3, 0.4) is 0 Å². The highest BCUT2D eigenvalue weighted by molar-refractivity contribution is 5.47. The molecule has 0 amide bonds. The first kappa shape index (κ1) is 10.3. The number of hydrogen-bond acceptors (Lipinski definition) is 3. The third-order valence-corrected chi connectivity index (χ3v) is 2.27. The number of rotatable bonds is 2. The van der Waals surface area contributed by atoms with Gasteiger partial charge in [-0.2, -0.15) is 0 Å². The zero-order valence-corrected chi connectivity index (χ0v) is 9.12. The summed E-state index contributed by atoms with van der Waals surface area (Å²) in [5, 5.41) is 9.78. The average Bonchev–Trinajstić information content (AvgIpc) is 2.16. The van der Waals surface area contributed by atoms with Gasteiger partial charge in [0.1, 0.15) is 13.2 Å². The lowest BCUT2D eigenvalue weighted by Crippen LogP contribution is -2.24. The quantitative estimate of drug-likeness (QED) is 0.805. The van der Waals surface area contributed by atoms with Gasteiger partial charge in [0.05, 0.1) is 5.60 Å². The van der Waals surface area contributed by atoms with Crippen molar-refractivity contribution in [3.8, 4) is 11.5 Å². The summed E-state index contributed by atoms with van der Waals surface area (Å²) in [6.07, 6.45) is 0.569. The van der Waals surface area contributed by atoms with Gasteiger partial charge in [0.2, 0.25) is 0 Å². The summed E-state index contributed by atoms with van der Waals surface area (Å²) in [6, 6.07) is 5.78. The van der Waals surface area contributed by atoms with E-state index in [4.69, 9.17) is 9.47 Å². The summed E-state index contributed by atoms with van der Waals surface area (Å²) >= 11 is 0. The van der Waals surface area contributed by atoms with Crippen molar-refractivity contribution >= 4 is 0 Å². The molecular weight excluding hydrogens is 192 g/mol. The van der Waals surface area contributed by atoms with Crippen molar-refractivity contribution in [3.63, 3.8) is 0 Å². The molecule has 3 nitrogen and oxygen atoms in total. The molecule has 1 aliphatic heterocycles. The molecule has 0 unspecified atom stereocenters. The van der Waals surface area contributed by atoms with Gasteiger partial charge in [0, 0.05) is 12.0 Å². The first-order valence-electron chi connectivity index (χ1n) is 5.16. The second kappa shape index (κ2) is 3.74. The second-order valence-electron chi connectivity index (χ2n) is 4.43. The molecule has 15 heavy (non-hydrogen) atoms. The average molecular weight is 208 g/mol. The molecule has 1 heterocycles. The van der Waals surface area contributed by atoms with E-state index in [0.717, 1.165) is 17.1 Å². The predicted octanol–water partition coefficient (Wildman–Crippen LogP) is 1.77. The molecule has 0 aromatic heterocycles. The topological polar surface area (TPSA) is 38.7 Å². The lowest BCUT2D eigenvalue weighted by atomic mass is 9.97. The minimum atomic E-state index is -0.726. The van der Waals surface area contributed by atoms with Gasteiger partial charge in [0.15, 0.2) is 11.5 Å². The van der Waals surface area contributed by atoms with E-state index in [1.165, 1.54) is 0 Å². The number of ether oxygens (including phenoxy) is 2. The molecule has 0 radical (unpaired) electrons. The molecule has 1 aromatic rings. The van der Waals surface area contributed by atoms with Crippen molar-refractivity contribution in [1.29, 1.82) is 0 Å². The molecule has 0 saturated carbocycles. The van der Waals surface area contributed by atoms with Crippen LogP contribution in [0, 0.1) is 0 Å². The zero-order valence-electron chi connectivity index (χ0n) is 9.12. The van der Waals surface area contributed by atoms with E-state index in [1.807, 2.05) is 18.2 Å². The standard InChI is InChI=1S/C12H16O3/c1-12(2,13)8-9-4-3-5-10-11(9)15-7-6-14-10/h3-5,13H,6-8H2,1-2H3. The first-order valence-corrected chi connectivity index (χ1v) is 5.16. The Kier molecular flexibility index (Phi) is 2.57. The van der Waals surface area contributed by atoms with Gasteiger partial charge < -0.3 is 14.6 Å². The van der Waals surface area contributed by atoms with E-state index in [0.29, 0.717) is 19.6 Å². The molecule has 1 aliphatic rings. The number of para-hydroxylation sites is 1. The molecule has 1 N–H and O–H groups in total.